The summed E-state index contributed by atoms with van der Waals surface area (Å²) in [5.74, 6) is 0.0467. The summed E-state index contributed by atoms with van der Waals surface area (Å²) in [6.07, 6.45) is 4.62. The van der Waals surface area contributed by atoms with Crippen molar-refractivity contribution in [2.45, 2.75) is 25.8 Å². The second kappa shape index (κ2) is 6.23. The first-order chi connectivity index (χ1) is 7.65. The number of aromatic nitrogens is 1. The van der Waals surface area contributed by atoms with Crippen LogP contribution in [-0.4, -0.2) is 40.6 Å². The number of aliphatic hydroxyl groups is 1. The first kappa shape index (κ1) is 12.6. The van der Waals surface area contributed by atoms with Gasteiger partial charge in [0.25, 0.3) is 0 Å². The number of hydrogen-bond acceptors (Lipinski definition) is 3. The number of likely N-dealkylation sites (N-methyl/N-ethyl adjacent to an activating group) is 1. The zero-order valence-electron chi connectivity index (χ0n) is 9.76. The van der Waals surface area contributed by atoms with Crippen molar-refractivity contribution in [2.24, 2.45) is 0 Å². The van der Waals surface area contributed by atoms with E-state index < -0.39 is 0 Å². The summed E-state index contributed by atoms with van der Waals surface area (Å²) in [6, 6.07) is 3.69. The highest BCUT2D eigenvalue weighted by Gasteiger charge is 2.14. The van der Waals surface area contributed by atoms with Crippen molar-refractivity contribution in [1.29, 1.82) is 0 Å². The molecule has 0 aliphatic rings. The molecule has 1 rings (SSSR count). The van der Waals surface area contributed by atoms with Crippen LogP contribution in [0.1, 0.15) is 18.9 Å². The SMILES string of the molecule is CC(CO)N(C)C(=O)CCc1cccnc1. The predicted molar refractivity (Wildman–Crippen MR) is 61.9 cm³/mol. The van der Waals surface area contributed by atoms with Gasteiger partial charge in [0.15, 0.2) is 0 Å². The van der Waals surface area contributed by atoms with Gasteiger partial charge in [-0.3, -0.25) is 9.78 Å². The number of nitrogens with zero attached hydrogens (tertiary/aromatic N) is 2. The average molecular weight is 222 g/mol. The van der Waals surface area contributed by atoms with E-state index in [1.165, 1.54) is 0 Å². The van der Waals surface area contributed by atoms with Gasteiger partial charge in [0, 0.05) is 25.9 Å². The number of hydrogen-bond donors (Lipinski definition) is 1. The van der Waals surface area contributed by atoms with Gasteiger partial charge in [0.05, 0.1) is 12.6 Å². The van der Waals surface area contributed by atoms with E-state index in [0.29, 0.717) is 12.8 Å². The zero-order valence-corrected chi connectivity index (χ0v) is 9.76. The summed E-state index contributed by atoms with van der Waals surface area (Å²) in [5, 5.41) is 8.94. The Hall–Kier alpha value is -1.42. The minimum absolute atomic E-state index is 0.00483. The van der Waals surface area contributed by atoms with Gasteiger partial charge in [-0.1, -0.05) is 6.07 Å². The third-order valence-electron chi connectivity index (χ3n) is 2.67. The van der Waals surface area contributed by atoms with E-state index in [1.807, 2.05) is 19.1 Å². The Morgan fingerprint density at radius 3 is 2.94 bits per heavy atom. The molecule has 0 aromatic carbocycles. The van der Waals surface area contributed by atoms with Crippen LogP contribution >= 0.6 is 0 Å². The fourth-order valence-corrected chi connectivity index (χ4v) is 1.34. The number of rotatable bonds is 5. The van der Waals surface area contributed by atoms with Gasteiger partial charge in [0.2, 0.25) is 5.91 Å². The molecule has 0 radical (unpaired) electrons. The Bertz CT molecular complexity index is 327. The van der Waals surface area contributed by atoms with Crippen molar-refractivity contribution >= 4 is 5.91 Å². The quantitative estimate of drug-likeness (QED) is 0.803. The summed E-state index contributed by atoms with van der Waals surface area (Å²) < 4.78 is 0. The summed E-state index contributed by atoms with van der Waals surface area (Å²) in [7, 11) is 1.71. The first-order valence-electron chi connectivity index (χ1n) is 5.40. The van der Waals surface area contributed by atoms with Gasteiger partial charge in [-0.15, -0.1) is 0 Å². The maximum Gasteiger partial charge on any atom is 0.222 e. The van der Waals surface area contributed by atoms with Gasteiger partial charge < -0.3 is 10.0 Å². The molecule has 0 fully saturated rings. The predicted octanol–water partition coefficient (Wildman–Crippen LogP) is 0.853. The van der Waals surface area contributed by atoms with Gasteiger partial charge in [0.1, 0.15) is 0 Å². The van der Waals surface area contributed by atoms with Crippen LogP contribution in [0.2, 0.25) is 0 Å². The van der Waals surface area contributed by atoms with Crippen molar-refractivity contribution in [3.05, 3.63) is 30.1 Å². The number of pyridine rings is 1. The Morgan fingerprint density at radius 2 is 2.38 bits per heavy atom. The van der Waals surface area contributed by atoms with E-state index in [4.69, 9.17) is 5.11 Å². The minimum atomic E-state index is -0.124. The van der Waals surface area contributed by atoms with E-state index in [1.54, 1.807) is 24.3 Å². The minimum Gasteiger partial charge on any atom is -0.394 e. The lowest BCUT2D eigenvalue weighted by Gasteiger charge is -2.23. The second-order valence-electron chi connectivity index (χ2n) is 3.90. The highest BCUT2D eigenvalue weighted by Crippen LogP contribution is 2.04. The molecule has 1 unspecified atom stereocenters. The highest BCUT2D eigenvalue weighted by atomic mass is 16.3. The maximum absolute atomic E-state index is 11.7. The smallest absolute Gasteiger partial charge is 0.222 e. The molecular formula is C12H18N2O2. The number of carbonyl (C=O) groups is 1. The van der Waals surface area contributed by atoms with Gasteiger partial charge >= 0.3 is 0 Å². The molecule has 4 nitrogen and oxygen atoms in total. The summed E-state index contributed by atoms with van der Waals surface area (Å²) >= 11 is 0. The summed E-state index contributed by atoms with van der Waals surface area (Å²) in [5.41, 5.74) is 1.06. The third kappa shape index (κ3) is 3.62. The van der Waals surface area contributed by atoms with E-state index in [2.05, 4.69) is 4.98 Å². The monoisotopic (exact) mass is 222 g/mol. The van der Waals surface area contributed by atoms with Gasteiger partial charge in [-0.05, 0) is 25.0 Å². The largest absolute Gasteiger partial charge is 0.394 e. The number of carbonyl (C=O) groups excluding carboxylic acids is 1. The van der Waals surface area contributed by atoms with Crippen molar-refractivity contribution in [1.82, 2.24) is 9.88 Å². The number of aryl methyl sites for hydroxylation is 1. The van der Waals surface area contributed by atoms with Crippen LogP contribution in [0.4, 0.5) is 0 Å². The van der Waals surface area contributed by atoms with Crippen LogP contribution in [0.25, 0.3) is 0 Å². The lowest BCUT2D eigenvalue weighted by atomic mass is 10.1. The first-order valence-corrected chi connectivity index (χ1v) is 5.40. The number of aliphatic hydroxyl groups excluding tert-OH is 1. The topological polar surface area (TPSA) is 53.4 Å². The molecule has 1 N–H and O–H groups in total. The van der Waals surface area contributed by atoms with Crippen LogP contribution in [-0.2, 0) is 11.2 Å². The fraction of sp³-hybridized carbons (Fsp3) is 0.500. The molecule has 0 aliphatic carbocycles. The molecule has 0 saturated carbocycles. The van der Waals surface area contributed by atoms with Crippen molar-refractivity contribution in [3.63, 3.8) is 0 Å². The molecule has 1 amide bonds. The van der Waals surface area contributed by atoms with Crippen molar-refractivity contribution < 1.29 is 9.90 Å². The molecule has 1 aromatic rings. The molecule has 1 atom stereocenters. The Morgan fingerprint density at radius 1 is 1.62 bits per heavy atom. The van der Waals surface area contributed by atoms with E-state index in [9.17, 15) is 4.79 Å². The van der Waals surface area contributed by atoms with Crippen LogP contribution < -0.4 is 0 Å². The highest BCUT2D eigenvalue weighted by molar-refractivity contribution is 5.76. The van der Waals surface area contributed by atoms with Crippen molar-refractivity contribution in [3.8, 4) is 0 Å². The van der Waals surface area contributed by atoms with Crippen LogP contribution in [0, 0.1) is 0 Å². The molecule has 0 bridgehead atoms. The van der Waals surface area contributed by atoms with Crippen molar-refractivity contribution in [2.75, 3.05) is 13.7 Å². The molecule has 0 aliphatic heterocycles. The van der Waals surface area contributed by atoms with E-state index >= 15 is 0 Å². The standard InChI is InChI=1S/C12H18N2O2/c1-10(9-15)14(2)12(16)6-5-11-4-3-7-13-8-11/h3-4,7-8,10,15H,5-6,9H2,1-2H3. The third-order valence-corrected chi connectivity index (χ3v) is 2.67. The van der Waals surface area contributed by atoms with Gasteiger partial charge in [-0.25, -0.2) is 0 Å². The van der Waals surface area contributed by atoms with E-state index in [-0.39, 0.29) is 18.6 Å². The molecule has 0 saturated heterocycles. The molecule has 1 heterocycles. The summed E-state index contributed by atoms with van der Waals surface area (Å²) in [4.78, 5) is 17.3. The van der Waals surface area contributed by atoms with Crippen LogP contribution in [0.5, 0.6) is 0 Å². The van der Waals surface area contributed by atoms with E-state index in [0.717, 1.165) is 5.56 Å². The fourth-order valence-electron chi connectivity index (χ4n) is 1.34. The Balaban J connectivity index is 2.41. The number of amides is 1. The molecule has 16 heavy (non-hydrogen) atoms. The molecule has 0 spiro atoms. The average Bonchev–Trinajstić information content (AvgIpc) is 2.35. The van der Waals surface area contributed by atoms with Gasteiger partial charge in [-0.2, -0.15) is 0 Å². The lowest BCUT2D eigenvalue weighted by Crippen LogP contribution is -2.37. The lowest BCUT2D eigenvalue weighted by molar-refractivity contribution is -0.132. The Labute approximate surface area is 95.9 Å². The maximum atomic E-state index is 11.7. The zero-order chi connectivity index (χ0) is 12.0. The van der Waals surface area contributed by atoms with Crippen LogP contribution in [0.15, 0.2) is 24.5 Å². The summed E-state index contributed by atoms with van der Waals surface area (Å²) in [6.45, 7) is 1.82. The molecular weight excluding hydrogens is 204 g/mol. The molecule has 4 heteroatoms. The normalized spacial score (nSPS) is 12.2. The van der Waals surface area contributed by atoms with Crippen LogP contribution in [0.3, 0.4) is 0 Å². The molecule has 88 valence electrons. The molecule has 1 aromatic heterocycles. The second-order valence-corrected chi connectivity index (χ2v) is 3.90. The Kier molecular flexibility index (Phi) is 4.92.